The highest BCUT2D eigenvalue weighted by atomic mass is 35.5. The summed E-state index contributed by atoms with van der Waals surface area (Å²) in [5, 5.41) is 9.11. The molecular weight excluding hydrogens is 330 g/mol. The molecule has 2 amide bonds. The van der Waals surface area contributed by atoms with Gasteiger partial charge in [0.05, 0.1) is 5.92 Å². The van der Waals surface area contributed by atoms with Crippen LogP contribution in [0, 0.1) is 5.92 Å². The van der Waals surface area contributed by atoms with Crippen LogP contribution in [0.1, 0.15) is 29.6 Å². The number of carbonyl (C=O) groups is 2. The molecule has 2 aliphatic heterocycles. The number of benzene rings is 1. The first kappa shape index (κ1) is 18.7. The molecule has 1 aromatic carbocycles. The fourth-order valence-corrected chi connectivity index (χ4v) is 2.94. The van der Waals surface area contributed by atoms with Gasteiger partial charge in [0.25, 0.3) is 5.91 Å². The van der Waals surface area contributed by atoms with E-state index < -0.39 is 0 Å². The lowest BCUT2D eigenvalue weighted by Crippen LogP contribution is -2.38. The van der Waals surface area contributed by atoms with Crippen LogP contribution in [0.2, 0.25) is 0 Å². The van der Waals surface area contributed by atoms with E-state index in [1.165, 1.54) is 0 Å². The molecule has 2 aliphatic rings. The van der Waals surface area contributed by atoms with Gasteiger partial charge < -0.3 is 20.7 Å². The fraction of sp³-hybridized carbons (Fsp3) is 0.529. The SMILES string of the molecule is Cl.O=C(NC1CCOCC1)c1ccc(NC(=O)C2CCNC2)cc1. The van der Waals surface area contributed by atoms with Gasteiger partial charge in [-0.3, -0.25) is 9.59 Å². The Kier molecular flexibility index (Phi) is 7.02. The van der Waals surface area contributed by atoms with Gasteiger partial charge in [0, 0.05) is 37.1 Å². The quantitative estimate of drug-likeness (QED) is 0.767. The van der Waals surface area contributed by atoms with Crippen LogP contribution in [-0.4, -0.2) is 44.2 Å². The number of rotatable bonds is 4. The molecule has 0 aliphatic carbocycles. The van der Waals surface area contributed by atoms with E-state index in [-0.39, 0.29) is 36.2 Å². The van der Waals surface area contributed by atoms with Crippen LogP contribution in [0.25, 0.3) is 0 Å². The highest BCUT2D eigenvalue weighted by molar-refractivity contribution is 5.96. The molecule has 0 bridgehead atoms. The molecule has 2 fully saturated rings. The zero-order chi connectivity index (χ0) is 16.1. The summed E-state index contributed by atoms with van der Waals surface area (Å²) in [6, 6.07) is 7.23. The maximum Gasteiger partial charge on any atom is 0.251 e. The van der Waals surface area contributed by atoms with Crippen molar-refractivity contribution in [1.29, 1.82) is 0 Å². The highest BCUT2D eigenvalue weighted by Gasteiger charge is 2.22. The van der Waals surface area contributed by atoms with Gasteiger partial charge >= 0.3 is 0 Å². The van der Waals surface area contributed by atoms with Crippen molar-refractivity contribution in [3.05, 3.63) is 29.8 Å². The number of hydrogen-bond acceptors (Lipinski definition) is 4. The first-order valence-corrected chi connectivity index (χ1v) is 8.22. The van der Waals surface area contributed by atoms with Gasteiger partial charge in [-0.1, -0.05) is 0 Å². The normalized spacial score (nSPS) is 20.9. The number of amides is 2. The number of hydrogen-bond donors (Lipinski definition) is 3. The van der Waals surface area contributed by atoms with E-state index in [9.17, 15) is 9.59 Å². The molecule has 2 saturated heterocycles. The Hall–Kier alpha value is -1.63. The van der Waals surface area contributed by atoms with Crippen LogP contribution in [0.3, 0.4) is 0 Å². The summed E-state index contributed by atoms with van der Waals surface area (Å²) >= 11 is 0. The van der Waals surface area contributed by atoms with Crippen LogP contribution in [0.15, 0.2) is 24.3 Å². The van der Waals surface area contributed by atoms with Crippen LogP contribution >= 0.6 is 12.4 Å². The Morgan fingerprint density at radius 2 is 1.79 bits per heavy atom. The number of carbonyl (C=O) groups excluding carboxylic acids is 2. The van der Waals surface area contributed by atoms with Crippen LogP contribution < -0.4 is 16.0 Å². The predicted octanol–water partition coefficient (Wildman–Crippen LogP) is 1.57. The summed E-state index contributed by atoms with van der Waals surface area (Å²) in [5.74, 6) is -0.00401. The first-order chi connectivity index (χ1) is 11.2. The molecule has 0 radical (unpaired) electrons. The molecule has 1 unspecified atom stereocenters. The lowest BCUT2D eigenvalue weighted by molar-refractivity contribution is -0.119. The minimum Gasteiger partial charge on any atom is -0.381 e. The summed E-state index contributed by atoms with van der Waals surface area (Å²) in [6.45, 7) is 3.03. The number of halogens is 1. The third-order valence-electron chi connectivity index (χ3n) is 4.40. The molecule has 0 saturated carbocycles. The summed E-state index contributed by atoms with van der Waals surface area (Å²) in [4.78, 5) is 24.3. The Labute approximate surface area is 148 Å². The molecule has 0 spiro atoms. The number of anilines is 1. The van der Waals surface area contributed by atoms with E-state index in [0.717, 1.165) is 38.0 Å². The van der Waals surface area contributed by atoms with Crippen LogP contribution in [-0.2, 0) is 9.53 Å². The van der Waals surface area contributed by atoms with Crippen molar-refractivity contribution in [2.75, 3.05) is 31.6 Å². The Morgan fingerprint density at radius 1 is 1.08 bits per heavy atom. The smallest absolute Gasteiger partial charge is 0.251 e. The zero-order valence-corrected chi connectivity index (χ0v) is 14.4. The highest BCUT2D eigenvalue weighted by Crippen LogP contribution is 2.15. The molecule has 7 heteroatoms. The maximum atomic E-state index is 12.2. The first-order valence-electron chi connectivity index (χ1n) is 8.22. The molecule has 2 heterocycles. The van der Waals surface area contributed by atoms with E-state index >= 15 is 0 Å². The molecular formula is C17H24ClN3O3. The van der Waals surface area contributed by atoms with E-state index in [2.05, 4.69) is 16.0 Å². The van der Waals surface area contributed by atoms with Crippen molar-refractivity contribution in [2.45, 2.75) is 25.3 Å². The average molecular weight is 354 g/mol. The second-order valence-electron chi connectivity index (χ2n) is 6.12. The van der Waals surface area contributed by atoms with E-state index in [1.54, 1.807) is 24.3 Å². The van der Waals surface area contributed by atoms with Crippen molar-refractivity contribution < 1.29 is 14.3 Å². The second kappa shape index (κ2) is 9.01. The minimum atomic E-state index is -0.0743. The second-order valence-corrected chi connectivity index (χ2v) is 6.12. The van der Waals surface area contributed by atoms with E-state index in [1.807, 2.05) is 0 Å². The number of ether oxygens (including phenoxy) is 1. The van der Waals surface area contributed by atoms with Crippen molar-refractivity contribution in [3.8, 4) is 0 Å². The third kappa shape index (κ3) is 4.93. The van der Waals surface area contributed by atoms with Crippen molar-refractivity contribution in [2.24, 2.45) is 5.92 Å². The summed E-state index contributed by atoms with van der Waals surface area (Å²) < 4.78 is 5.29. The minimum absolute atomic E-state index is 0. The van der Waals surface area contributed by atoms with E-state index in [0.29, 0.717) is 18.8 Å². The molecule has 3 N–H and O–H groups in total. The topological polar surface area (TPSA) is 79.5 Å². The summed E-state index contributed by atoms with van der Waals surface area (Å²) in [7, 11) is 0. The summed E-state index contributed by atoms with van der Waals surface area (Å²) in [6.07, 6.45) is 2.59. The fourth-order valence-electron chi connectivity index (χ4n) is 2.94. The molecule has 132 valence electrons. The lowest BCUT2D eigenvalue weighted by Gasteiger charge is -2.23. The standard InChI is InChI=1S/C17H23N3O3.ClH/c21-16(20-15-6-9-23-10-7-15)12-1-3-14(4-2-12)19-17(22)13-5-8-18-11-13;/h1-4,13,15,18H,5-11H2,(H,19,22)(H,20,21);1H. The van der Waals surface area contributed by atoms with Crippen molar-refractivity contribution in [3.63, 3.8) is 0 Å². The van der Waals surface area contributed by atoms with Crippen molar-refractivity contribution >= 4 is 29.9 Å². The summed E-state index contributed by atoms with van der Waals surface area (Å²) in [5.41, 5.74) is 1.33. The zero-order valence-electron chi connectivity index (χ0n) is 13.5. The Morgan fingerprint density at radius 3 is 2.42 bits per heavy atom. The molecule has 1 atom stereocenters. The molecule has 3 rings (SSSR count). The Balaban J connectivity index is 0.00000208. The van der Waals surface area contributed by atoms with Gasteiger partial charge in [-0.2, -0.15) is 0 Å². The molecule has 0 aromatic heterocycles. The third-order valence-corrected chi connectivity index (χ3v) is 4.40. The van der Waals surface area contributed by atoms with Gasteiger partial charge in [-0.25, -0.2) is 0 Å². The molecule has 1 aromatic rings. The van der Waals surface area contributed by atoms with Gasteiger partial charge in [-0.05, 0) is 50.1 Å². The molecule has 6 nitrogen and oxygen atoms in total. The largest absolute Gasteiger partial charge is 0.381 e. The molecule has 24 heavy (non-hydrogen) atoms. The van der Waals surface area contributed by atoms with Gasteiger partial charge in [0.15, 0.2) is 0 Å². The van der Waals surface area contributed by atoms with Gasteiger partial charge in [-0.15, -0.1) is 12.4 Å². The van der Waals surface area contributed by atoms with Crippen LogP contribution in [0.5, 0.6) is 0 Å². The monoisotopic (exact) mass is 353 g/mol. The predicted molar refractivity (Wildman–Crippen MR) is 94.6 cm³/mol. The van der Waals surface area contributed by atoms with Crippen LogP contribution in [0.4, 0.5) is 5.69 Å². The average Bonchev–Trinajstić information content (AvgIpc) is 3.11. The lowest BCUT2D eigenvalue weighted by atomic mass is 10.1. The number of nitrogens with one attached hydrogen (secondary N) is 3. The maximum absolute atomic E-state index is 12.2. The van der Waals surface area contributed by atoms with Gasteiger partial charge in [0.2, 0.25) is 5.91 Å². The van der Waals surface area contributed by atoms with E-state index in [4.69, 9.17) is 4.74 Å². The van der Waals surface area contributed by atoms with Gasteiger partial charge in [0.1, 0.15) is 0 Å². The van der Waals surface area contributed by atoms with Crippen molar-refractivity contribution in [1.82, 2.24) is 10.6 Å². The Bertz CT molecular complexity index is 553.